The Bertz CT molecular complexity index is 505. The fourth-order valence-corrected chi connectivity index (χ4v) is 3.91. The largest absolute Gasteiger partial charge is 0.369 e. The van der Waals surface area contributed by atoms with Gasteiger partial charge in [0.15, 0.2) is 0 Å². The van der Waals surface area contributed by atoms with E-state index in [0.717, 1.165) is 21.5 Å². The quantitative estimate of drug-likeness (QED) is 0.626. The Morgan fingerprint density at radius 2 is 2.05 bits per heavy atom. The second kappa shape index (κ2) is 5.58. The van der Waals surface area contributed by atoms with Crippen LogP contribution in [-0.2, 0) is 4.74 Å². The van der Waals surface area contributed by atoms with Gasteiger partial charge < -0.3 is 4.74 Å². The van der Waals surface area contributed by atoms with Gasteiger partial charge in [0.25, 0.3) is 0 Å². The van der Waals surface area contributed by atoms with Gasteiger partial charge in [-0.1, -0.05) is 27.5 Å². The minimum atomic E-state index is -0.258. The van der Waals surface area contributed by atoms with Gasteiger partial charge in [-0.15, -0.1) is 0 Å². The number of nitrogens with one attached hydrogen (secondary N) is 1. The highest BCUT2D eigenvalue weighted by molar-refractivity contribution is 9.10. The zero-order valence-corrected chi connectivity index (χ0v) is 14.7. The molecule has 0 bridgehead atoms. The zero-order chi connectivity index (χ0) is 15.1. The molecule has 112 valence electrons. The number of nitrogens with two attached hydrogens (primary N) is 1. The van der Waals surface area contributed by atoms with Crippen molar-refractivity contribution < 1.29 is 4.74 Å². The molecular formula is C15H22BrClN2O. The molecule has 1 saturated heterocycles. The lowest BCUT2D eigenvalue weighted by atomic mass is 9.79. The molecule has 0 radical (unpaired) electrons. The number of rotatable bonds is 3. The number of hydrazine groups is 1. The number of hydrogen-bond donors (Lipinski definition) is 2. The highest BCUT2D eigenvalue weighted by Crippen LogP contribution is 2.48. The summed E-state index contributed by atoms with van der Waals surface area (Å²) in [5.41, 5.74) is 3.53. The van der Waals surface area contributed by atoms with Crippen molar-refractivity contribution in [1.82, 2.24) is 5.43 Å². The predicted octanol–water partition coefficient (Wildman–Crippen LogP) is 4.20. The van der Waals surface area contributed by atoms with Crippen molar-refractivity contribution in [3.63, 3.8) is 0 Å². The Labute approximate surface area is 134 Å². The molecular weight excluding hydrogens is 340 g/mol. The Morgan fingerprint density at radius 3 is 2.55 bits per heavy atom. The van der Waals surface area contributed by atoms with Crippen LogP contribution in [0, 0.1) is 5.92 Å². The summed E-state index contributed by atoms with van der Waals surface area (Å²) in [7, 11) is 0. The van der Waals surface area contributed by atoms with Crippen molar-refractivity contribution in [1.29, 1.82) is 0 Å². The van der Waals surface area contributed by atoms with Crippen molar-refractivity contribution in [2.75, 3.05) is 0 Å². The minimum Gasteiger partial charge on any atom is -0.369 e. The van der Waals surface area contributed by atoms with Crippen LogP contribution in [-0.4, -0.2) is 11.2 Å². The molecule has 1 heterocycles. The van der Waals surface area contributed by atoms with Crippen molar-refractivity contribution in [2.24, 2.45) is 11.8 Å². The van der Waals surface area contributed by atoms with Gasteiger partial charge in [0.2, 0.25) is 0 Å². The number of hydrogen-bond acceptors (Lipinski definition) is 3. The van der Waals surface area contributed by atoms with Gasteiger partial charge in [0, 0.05) is 15.4 Å². The van der Waals surface area contributed by atoms with E-state index in [1.165, 1.54) is 0 Å². The smallest absolute Gasteiger partial charge is 0.0681 e. The van der Waals surface area contributed by atoms with Gasteiger partial charge in [-0.3, -0.25) is 11.3 Å². The van der Waals surface area contributed by atoms with Crippen LogP contribution in [0.3, 0.4) is 0 Å². The Morgan fingerprint density at radius 1 is 1.40 bits per heavy atom. The lowest BCUT2D eigenvalue weighted by Gasteiger charge is -2.33. The molecule has 5 heteroatoms. The Kier molecular flexibility index (Phi) is 4.53. The highest BCUT2D eigenvalue weighted by Gasteiger charge is 2.49. The second-order valence-electron chi connectivity index (χ2n) is 6.59. The first-order valence-corrected chi connectivity index (χ1v) is 7.95. The van der Waals surface area contributed by atoms with Gasteiger partial charge in [-0.25, -0.2) is 0 Å². The monoisotopic (exact) mass is 360 g/mol. The summed E-state index contributed by atoms with van der Waals surface area (Å²) < 4.78 is 7.17. The average molecular weight is 362 g/mol. The maximum absolute atomic E-state index is 6.36. The summed E-state index contributed by atoms with van der Waals surface area (Å²) in [5.74, 6) is 6.08. The van der Waals surface area contributed by atoms with Crippen LogP contribution in [0.5, 0.6) is 0 Å². The number of halogens is 2. The summed E-state index contributed by atoms with van der Waals surface area (Å²) >= 11 is 9.85. The summed E-state index contributed by atoms with van der Waals surface area (Å²) in [4.78, 5) is 0. The highest BCUT2D eigenvalue weighted by atomic mass is 79.9. The third kappa shape index (κ3) is 3.20. The van der Waals surface area contributed by atoms with E-state index in [0.29, 0.717) is 0 Å². The molecule has 3 N–H and O–H groups in total. The van der Waals surface area contributed by atoms with E-state index in [1.807, 2.05) is 18.2 Å². The van der Waals surface area contributed by atoms with E-state index in [9.17, 15) is 0 Å². The molecule has 3 nitrogen and oxygen atoms in total. The lowest BCUT2D eigenvalue weighted by Crippen LogP contribution is -2.41. The SMILES string of the molecule is CC1(C)CC(C(NN)c2cc(Br)ccc2Cl)C(C)(C)O1. The van der Waals surface area contributed by atoms with Crippen LogP contribution >= 0.6 is 27.5 Å². The topological polar surface area (TPSA) is 47.3 Å². The van der Waals surface area contributed by atoms with Gasteiger partial charge in [-0.05, 0) is 57.9 Å². The molecule has 1 fully saturated rings. The van der Waals surface area contributed by atoms with Crippen molar-refractivity contribution in [3.8, 4) is 0 Å². The van der Waals surface area contributed by atoms with E-state index >= 15 is 0 Å². The first-order chi connectivity index (χ1) is 9.16. The minimum absolute atomic E-state index is 0.0447. The molecule has 1 aromatic carbocycles. The first kappa shape index (κ1) is 16.2. The summed E-state index contributed by atoms with van der Waals surface area (Å²) in [5, 5.41) is 0.719. The van der Waals surface area contributed by atoms with Gasteiger partial charge >= 0.3 is 0 Å². The first-order valence-electron chi connectivity index (χ1n) is 6.77. The van der Waals surface area contributed by atoms with E-state index in [1.54, 1.807) is 0 Å². The van der Waals surface area contributed by atoms with Crippen LogP contribution < -0.4 is 11.3 Å². The normalized spacial score (nSPS) is 25.6. The van der Waals surface area contributed by atoms with E-state index in [2.05, 4.69) is 49.1 Å². The molecule has 2 rings (SSSR count). The van der Waals surface area contributed by atoms with Gasteiger partial charge in [0.1, 0.15) is 0 Å². The molecule has 0 aliphatic carbocycles. The Hall–Kier alpha value is -0.130. The second-order valence-corrected chi connectivity index (χ2v) is 7.91. The van der Waals surface area contributed by atoms with Crippen LogP contribution in [0.1, 0.15) is 45.7 Å². The molecule has 0 spiro atoms. The van der Waals surface area contributed by atoms with Crippen LogP contribution in [0.2, 0.25) is 5.02 Å². The van der Waals surface area contributed by atoms with Crippen molar-refractivity contribution in [2.45, 2.75) is 51.4 Å². The Balaban J connectivity index is 2.40. The predicted molar refractivity (Wildman–Crippen MR) is 86.6 cm³/mol. The van der Waals surface area contributed by atoms with E-state index < -0.39 is 0 Å². The maximum atomic E-state index is 6.36. The molecule has 1 aliphatic rings. The molecule has 2 atom stereocenters. The molecule has 0 aromatic heterocycles. The molecule has 20 heavy (non-hydrogen) atoms. The standard InChI is InChI=1S/C15H22BrClN2O/c1-14(2)8-11(15(3,4)20-14)13(19-18)10-7-9(16)5-6-12(10)17/h5-7,11,13,19H,8,18H2,1-4H3. The summed E-state index contributed by atoms with van der Waals surface area (Å²) in [6.07, 6.45) is 0.928. The fourth-order valence-electron chi connectivity index (χ4n) is 3.30. The summed E-state index contributed by atoms with van der Waals surface area (Å²) in [6.45, 7) is 8.46. The van der Waals surface area contributed by atoms with Crippen molar-refractivity contribution >= 4 is 27.5 Å². The van der Waals surface area contributed by atoms with Gasteiger partial charge in [0.05, 0.1) is 17.2 Å². The number of benzene rings is 1. The third-order valence-corrected chi connectivity index (χ3v) is 4.86. The van der Waals surface area contributed by atoms with Crippen LogP contribution in [0.4, 0.5) is 0 Å². The number of ether oxygens (including phenoxy) is 1. The average Bonchev–Trinajstić information content (AvgIpc) is 2.53. The van der Waals surface area contributed by atoms with Gasteiger partial charge in [-0.2, -0.15) is 0 Å². The van der Waals surface area contributed by atoms with Crippen molar-refractivity contribution in [3.05, 3.63) is 33.3 Å². The third-order valence-electron chi connectivity index (χ3n) is 4.02. The summed E-state index contributed by atoms with van der Waals surface area (Å²) in [6, 6.07) is 5.80. The lowest BCUT2D eigenvalue weighted by molar-refractivity contribution is -0.0779. The molecule has 1 aliphatic heterocycles. The molecule has 1 aromatic rings. The molecule has 0 saturated carbocycles. The fraction of sp³-hybridized carbons (Fsp3) is 0.600. The van der Waals surface area contributed by atoms with E-state index in [-0.39, 0.29) is 23.2 Å². The molecule has 2 unspecified atom stereocenters. The molecule has 0 amide bonds. The van der Waals surface area contributed by atoms with Crippen LogP contribution in [0.25, 0.3) is 0 Å². The van der Waals surface area contributed by atoms with E-state index in [4.69, 9.17) is 22.2 Å². The zero-order valence-electron chi connectivity index (χ0n) is 12.3. The maximum Gasteiger partial charge on any atom is 0.0681 e. The van der Waals surface area contributed by atoms with Crippen LogP contribution in [0.15, 0.2) is 22.7 Å².